The van der Waals surface area contributed by atoms with Crippen molar-refractivity contribution in [3.8, 4) is 6.07 Å². The van der Waals surface area contributed by atoms with Crippen molar-refractivity contribution >= 4 is 0 Å². The molecule has 0 N–H and O–H groups in total. The molecule has 134 valence electrons. The molecule has 0 aromatic carbocycles. The Balaban J connectivity index is 3.05. The Morgan fingerprint density at radius 2 is 1.04 bits per heavy atom. The summed E-state index contributed by atoms with van der Waals surface area (Å²) in [6.45, 7) is 5.99. The predicted octanol–water partition coefficient (Wildman–Crippen LogP) is 7.96. The molecular formula is C22H41N. The molecule has 1 unspecified atom stereocenters. The van der Waals surface area contributed by atoms with Gasteiger partial charge in [0.05, 0.1) is 12.0 Å². The molecule has 1 heteroatoms. The average Bonchev–Trinajstić information content (AvgIpc) is 2.58. The van der Waals surface area contributed by atoms with Crippen molar-refractivity contribution in [2.45, 2.75) is 116 Å². The van der Waals surface area contributed by atoms with Gasteiger partial charge in [-0.15, -0.1) is 6.58 Å². The molecule has 23 heavy (non-hydrogen) atoms. The fourth-order valence-electron chi connectivity index (χ4n) is 3.15. The summed E-state index contributed by atoms with van der Waals surface area (Å²) in [5.41, 5.74) is 0. The van der Waals surface area contributed by atoms with E-state index in [0.29, 0.717) is 0 Å². The van der Waals surface area contributed by atoms with Gasteiger partial charge in [0.2, 0.25) is 0 Å². The van der Waals surface area contributed by atoms with Gasteiger partial charge < -0.3 is 0 Å². The third-order valence-corrected chi connectivity index (χ3v) is 4.82. The molecule has 0 aliphatic heterocycles. The molecule has 0 aliphatic rings. The average molecular weight is 320 g/mol. The zero-order valence-electron chi connectivity index (χ0n) is 15.8. The maximum atomic E-state index is 8.83. The second-order valence-electron chi connectivity index (χ2n) is 7.06. The third-order valence-electron chi connectivity index (χ3n) is 4.82. The Bertz CT molecular complexity index is 276. The lowest BCUT2D eigenvalue weighted by molar-refractivity contribution is 0.523. The van der Waals surface area contributed by atoms with Crippen molar-refractivity contribution in [1.82, 2.24) is 0 Å². The molecule has 0 amide bonds. The minimum Gasteiger partial charge on any atom is -0.198 e. The van der Waals surface area contributed by atoms with E-state index in [9.17, 15) is 0 Å². The Hall–Kier alpha value is -0.770. The highest BCUT2D eigenvalue weighted by Crippen LogP contribution is 2.15. The van der Waals surface area contributed by atoms with Crippen LogP contribution < -0.4 is 0 Å². The summed E-state index contributed by atoms with van der Waals surface area (Å²) in [6.07, 6.45) is 25.2. The van der Waals surface area contributed by atoms with Crippen LogP contribution >= 0.6 is 0 Å². The summed E-state index contributed by atoms with van der Waals surface area (Å²) in [6, 6.07) is 2.29. The molecule has 1 nitrogen and oxygen atoms in total. The van der Waals surface area contributed by atoms with Gasteiger partial charge in [-0.25, -0.2) is 0 Å². The molecule has 0 aliphatic carbocycles. The number of hydrogen-bond donors (Lipinski definition) is 0. The van der Waals surface area contributed by atoms with Gasteiger partial charge in [-0.1, -0.05) is 116 Å². The normalized spacial score (nSPS) is 12.0. The number of rotatable bonds is 18. The first-order valence-corrected chi connectivity index (χ1v) is 10.4. The molecule has 0 bridgehead atoms. The smallest absolute Gasteiger partial charge is 0.0697 e. The van der Waals surface area contributed by atoms with E-state index in [-0.39, 0.29) is 5.92 Å². The molecule has 0 fully saturated rings. The van der Waals surface area contributed by atoms with Gasteiger partial charge in [0.25, 0.3) is 0 Å². The summed E-state index contributed by atoms with van der Waals surface area (Å²) in [7, 11) is 0. The number of allylic oxidation sites excluding steroid dienone is 1. The highest BCUT2D eigenvalue weighted by Gasteiger charge is 2.00. The predicted molar refractivity (Wildman–Crippen MR) is 103 cm³/mol. The van der Waals surface area contributed by atoms with Crippen molar-refractivity contribution in [1.29, 1.82) is 5.26 Å². The molecule has 0 saturated carbocycles. The first kappa shape index (κ1) is 22.2. The maximum absolute atomic E-state index is 8.83. The topological polar surface area (TPSA) is 23.8 Å². The number of nitrogens with zero attached hydrogens (tertiary/aromatic N) is 1. The lowest BCUT2D eigenvalue weighted by Gasteiger charge is -2.04. The maximum Gasteiger partial charge on any atom is 0.0697 e. The molecule has 0 radical (unpaired) electrons. The zero-order valence-corrected chi connectivity index (χ0v) is 15.8. The van der Waals surface area contributed by atoms with Crippen LogP contribution in [0.25, 0.3) is 0 Å². The van der Waals surface area contributed by atoms with Crippen LogP contribution in [0.15, 0.2) is 12.7 Å². The van der Waals surface area contributed by atoms with Gasteiger partial charge in [-0.3, -0.25) is 0 Å². The Morgan fingerprint density at radius 1 is 0.696 bits per heavy atom. The van der Waals surface area contributed by atoms with Crippen LogP contribution in [-0.2, 0) is 0 Å². The van der Waals surface area contributed by atoms with Gasteiger partial charge in [-0.2, -0.15) is 5.26 Å². The quantitative estimate of drug-likeness (QED) is 0.186. The Kier molecular flexibility index (Phi) is 18.6. The SMILES string of the molecule is C=CC(C#N)CCCCCCCCCCCCCCCCCC. The lowest BCUT2D eigenvalue weighted by Crippen LogP contribution is -1.91. The van der Waals surface area contributed by atoms with Gasteiger partial charge in [-0.05, 0) is 6.42 Å². The van der Waals surface area contributed by atoms with E-state index in [1.807, 2.05) is 0 Å². The van der Waals surface area contributed by atoms with E-state index in [4.69, 9.17) is 5.26 Å². The minimum absolute atomic E-state index is 0.0710. The van der Waals surface area contributed by atoms with Crippen LogP contribution in [0.3, 0.4) is 0 Å². The summed E-state index contributed by atoms with van der Waals surface area (Å²) >= 11 is 0. The Labute approximate surface area is 146 Å². The van der Waals surface area contributed by atoms with Gasteiger partial charge in [0.15, 0.2) is 0 Å². The number of unbranched alkanes of at least 4 members (excludes halogenated alkanes) is 15. The molecule has 1 atom stereocenters. The second kappa shape index (κ2) is 19.3. The van der Waals surface area contributed by atoms with Gasteiger partial charge >= 0.3 is 0 Å². The first-order valence-electron chi connectivity index (χ1n) is 10.4. The summed E-state index contributed by atoms with van der Waals surface area (Å²) in [4.78, 5) is 0. The van der Waals surface area contributed by atoms with Gasteiger partial charge in [0.1, 0.15) is 0 Å². The van der Waals surface area contributed by atoms with Crippen LogP contribution in [0, 0.1) is 17.2 Å². The summed E-state index contributed by atoms with van der Waals surface area (Å²) in [5, 5.41) is 8.83. The standard InChI is InChI=1S/C22H41N/c1-3-5-6-7-8-9-10-11-12-13-14-15-16-17-18-19-20-22(4-2)21-23/h4,22H,2-3,5-20H2,1H3. The summed E-state index contributed by atoms with van der Waals surface area (Å²) in [5.74, 6) is 0.0710. The van der Waals surface area contributed by atoms with Crippen molar-refractivity contribution in [3.63, 3.8) is 0 Å². The van der Waals surface area contributed by atoms with Crippen LogP contribution in [0.4, 0.5) is 0 Å². The second-order valence-corrected chi connectivity index (χ2v) is 7.06. The van der Waals surface area contributed by atoms with E-state index < -0.39 is 0 Å². The van der Waals surface area contributed by atoms with Crippen LogP contribution in [0.5, 0.6) is 0 Å². The van der Waals surface area contributed by atoms with Crippen molar-refractivity contribution in [2.24, 2.45) is 5.92 Å². The molecule has 0 heterocycles. The lowest BCUT2D eigenvalue weighted by atomic mass is 10.0. The van der Waals surface area contributed by atoms with E-state index in [0.717, 1.165) is 6.42 Å². The number of hydrogen-bond acceptors (Lipinski definition) is 1. The third kappa shape index (κ3) is 17.4. The first-order chi connectivity index (χ1) is 11.3. The fraction of sp³-hybridized carbons (Fsp3) is 0.864. The molecule has 0 saturated heterocycles. The van der Waals surface area contributed by atoms with E-state index in [1.54, 1.807) is 6.08 Å². The van der Waals surface area contributed by atoms with Crippen molar-refractivity contribution < 1.29 is 0 Å². The number of nitriles is 1. The molecular weight excluding hydrogens is 278 g/mol. The van der Waals surface area contributed by atoms with E-state index in [1.165, 1.54) is 103 Å². The molecule has 0 spiro atoms. The molecule has 0 rings (SSSR count). The van der Waals surface area contributed by atoms with Crippen molar-refractivity contribution in [2.75, 3.05) is 0 Å². The monoisotopic (exact) mass is 319 g/mol. The molecule has 0 aromatic heterocycles. The van der Waals surface area contributed by atoms with Gasteiger partial charge in [0, 0.05) is 0 Å². The van der Waals surface area contributed by atoms with Crippen molar-refractivity contribution in [3.05, 3.63) is 12.7 Å². The largest absolute Gasteiger partial charge is 0.198 e. The van der Waals surface area contributed by atoms with E-state index in [2.05, 4.69) is 19.6 Å². The zero-order chi connectivity index (χ0) is 17.0. The summed E-state index contributed by atoms with van der Waals surface area (Å²) < 4.78 is 0. The van der Waals surface area contributed by atoms with Crippen LogP contribution in [0.2, 0.25) is 0 Å². The van der Waals surface area contributed by atoms with Crippen LogP contribution in [0.1, 0.15) is 116 Å². The minimum atomic E-state index is 0.0710. The Morgan fingerprint density at radius 3 is 1.35 bits per heavy atom. The molecule has 0 aromatic rings. The van der Waals surface area contributed by atoms with Crippen LogP contribution in [-0.4, -0.2) is 0 Å². The van der Waals surface area contributed by atoms with E-state index >= 15 is 0 Å². The highest BCUT2D eigenvalue weighted by molar-refractivity contribution is 4.94. The highest BCUT2D eigenvalue weighted by atomic mass is 14.3. The fourth-order valence-corrected chi connectivity index (χ4v) is 3.15.